The number of hydrogen-bond donors (Lipinski definition) is 3. The third-order valence-corrected chi connectivity index (χ3v) is 5.20. The van der Waals surface area contributed by atoms with Gasteiger partial charge < -0.3 is 20.3 Å². The van der Waals surface area contributed by atoms with Crippen molar-refractivity contribution in [2.24, 2.45) is 0 Å². The van der Waals surface area contributed by atoms with Gasteiger partial charge in [0.15, 0.2) is 16.7 Å². The topological polar surface area (TPSA) is 100 Å². The molecule has 7 nitrogen and oxygen atoms in total. The quantitative estimate of drug-likeness (QED) is 0.600. The highest BCUT2D eigenvalue weighted by Gasteiger charge is 2.26. The molecule has 0 aromatic carbocycles. The summed E-state index contributed by atoms with van der Waals surface area (Å²) in [5, 5.41) is 24.2. The Hall–Kier alpha value is -2.55. The van der Waals surface area contributed by atoms with Crippen molar-refractivity contribution in [3.8, 4) is 5.75 Å². The monoisotopic (exact) mass is 384 g/mol. The summed E-state index contributed by atoms with van der Waals surface area (Å²) < 4.78 is 6.26. The van der Waals surface area contributed by atoms with E-state index in [-0.39, 0.29) is 12.7 Å². The third-order valence-electron chi connectivity index (χ3n) is 4.43. The minimum Gasteiger partial charge on any atom is -0.480 e. The van der Waals surface area contributed by atoms with Crippen molar-refractivity contribution in [3.63, 3.8) is 0 Å². The number of aliphatic hydroxyl groups excluding tert-OH is 2. The molecule has 2 unspecified atom stereocenters. The Balaban J connectivity index is 1.57. The molecule has 4 rings (SSSR count). The maximum absolute atomic E-state index is 9.70. The lowest BCUT2D eigenvalue weighted by Crippen LogP contribution is -2.08. The second-order valence-corrected chi connectivity index (χ2v) is 7.31. The molecule has 0 spiro atoms. The Kier molecular flexibility index (Phi) is 5.02. The van der Waals surface area contributed by atoms with E-state index >= 15 is 0 Å². The summed E-state index contributed by atoms with van der Waals surface area (Å²) in [5.41, 5.74) is 3.62. The fourth-order valence-corrected chi connectivity index (χ4v) is 3.82. The van der Waals surface area contributed by atoms with Crippen LogP contribution in [0.3, 0.4) is 0 Å². The molecule has 2 atom stereocenters. The zero-order valence-electron chi connectivity index (χ0n) is 14.8. The predicted molar refractivity (Wildman–Crippen MR) is 102 cm³/mol. The Bertz CT molecular complexity index is 946. The zero-order chi connectivity index (χ0) is 18.8. The van der Waals surface area contributed by atoms with Gasteiger partial charge in [-0.3, -0.25) is 4.98 Å². The highest BCUT2D eigenvalue weighted by molar-refractivity contribution is 7.13. The number of fused-ring (bicyclic) bond motifs is 1. The first-order valence-corrected chi connectivity index (χ1v) is 9.60. The fraction of sp³-hybridized carbons (Fsp3) is 0.316. The number of rotatable bonds is 6. The summed E-state index contributed by atoms with van der Waals surface area (Å²) >= 11 is 1.33. The van der Waals surface area contributed by atoms with E-state index in [0.29, 0.717) is 22.4 Å². The number of ether oxygens (including phenoxy) is 1. The number of pyridine rings is 2. The molecule has 1 aliphatic carbocycles. The van der Waals surface area contributed by atoms with Gasteiger partial charge in [-0.25, -0.2) is 9.97 Å². The van der Waals surface area contributed by atoms with Crippen LogP contribution >= 0.6 is 11.3 Å². The number of aromatic nitrogens is 3. The van der Waals surface area contributed by atoms with E-state index < -0.39 is 6.10 Å². The summed E-state index contributed by atoms with van der Waals surface area (Å²) in [6.45, 7) is 1.60. The first-order valence-electron chi connectivity index (χ1n) is 8.72. The first-order chi connectivity index (χ1) is 13.1. The molecule has 0 saturated carbocycles. The summed E-state index contributed by atoms with van der Waals surface area (Å²) in [5.74, 6) is 1.20. The van der Waals surface area contributed by atoms with Crippen molar-refractivity contribution >= 4 is 22.3 Å². The van der Waals surface area contributed by atoms with Crippen molar-refractivity contribution in [1.29, 1.82) is 0 Å². The third kappa shape index (κ3) is 3.78. The molecule has 3 aromatic rings. The number of aliphatic hydroxyl groups is 2. The first kappa shape index (κ1) is 17.8. The van der Waals surface area contributed by atoms with Crippen LogP contribution in [0.2, 0.25) is 0 Å². The van der Waals surface area contributed by atoms with Crippen LogP contribution in [-0.4, -0.2) is 31.8 Å². The van der Waals surface area contributed by atoms with Gasteiger partial charge in [-0.15, -0.1) is 11.3 Å². The van der Waals surface area contributed by atoms with Gasteiger partial charge in [0.25, 0.3) is 0 Å². The number of anilines is 2. The minimum atomic E-state index is -0.987. The standard InChI is InChI=1S/C19H20N4O3S/c1-11-7-16(26-15-5-4-12-3-2-6-20-17(12)15)18(21-8-11)23-19-22-13(10-27-19)14(25)9-24/h2-3,6-8,10,14-15,24-25H,4-5,9H2,1H3,(H,21,22,23). The zero-order valence-corrected chi connectivity index (χ0v) is 15.6. The van der Waals surface area contributed by atoms with Crippen LogP contribution in [-0.2, 0) is 6.42 Å². The van der Waals surface area contributed by atoms with E-state index in [9.17, 15) is 5.11 Å². The lowest BCUT2D eigenvalue weighted by Gasteiger charge is -2.17. The maximum atomic E-state index is 9.70. The molecule has 27 heavy (non-hydrogen) atoms. The fourth-order valence-electron chi connectivity index (χ4n) is 3.06. The van der Waals surface area contributed by atoms with Crippen LogP contribution < -0.4 is 10.1 Å². The molecule has 140 valence electrons. The molecule has 1 aliphatic rings. The normalized spacial score (nSPS) is 16.8. The second-order valence-electron chi connectivity index (χ2n) is 6.45. The van der Waals surface area contributed by atoms with Crippen molar-refractivity contribution in [3.05, 3.63) is 58.5 Å². The molecule has 0 fully saturated rings. The van der Waals surface area contributed by atoms with Crippen LogP contribution in [0.5, 0.6) is 5.75 Å². The number of nitrogens with one attached hydrogen (secondary N) is 1. The van der Waals surface area contributed by atoms with Crippen molar-refractivity contribution in [1.82, 2.24) is 15.0 Å². The van der Waals surface area contributed by atoms with Gasteiger partial charge in [0, 0.05) is 17.8 Å². The number of hydrogen-bond acceptors (Lipinski definition) is 8. The summed E-state index contributed by atoms with van der Waals surface area (Å²) in [4.78, 5) is 13.2. The highest BCUT2D eigenvalue weighted by atomic mass is 32.1. The predicted octanol–water partition coefficient (Wildman–Crippen LogP) is 3.08. The number of thiazole rings is 1. The summed E-state index contributed by atoms with van der Waals surface area (Å²) in [7, 11) is 0. The molecule has 3 heterocycles. The van der Waals surface area contributed by atoms with Gasteiger partial charge in [-0.1, -0.05) is 6.07 Å². The van der Waals surface area contributed by atoms with Gasteiger partial charge in [-0.05, 0) is 43.0 Å². The molecule has 8 heteroatoms. The Morgan fingerprint density at radius 3 is 3.15 bits per heavy atom. The molecule has 3 aromatic heterocycles. The van der Waals surface area contributed by atoms with E-state index in [2.05, 4.69) is 26.3 Å². The van der Waals surface area contributed by atoms with Crippen molar-refractivity contribution < 1.29 is 14.9 Å². The second kappa shape index (κ2) is 7.59. The number of aryl methyl sites for hydroxylation is 2. The van der Waals surface area contributed by atoms with Gasteiger partial charge in [0.1, 0.15) is 12.2 Å². The van der Waals surface area contributed by atoms with Crippen LogP contribution in [0, 0.1) is 6.92 Å². The van der Waals surface area contributed by atoms with Crippen molar-refractivity contribution in [2.75, 3.05) is 11.9 Å². The summed E-state index contributed by atoms with van der Waals surface area (Å²) in [6.07, 6.45) is 4.28. The van der Waals surface area contributed by atoms with Crippen LogP contribution in [0.1, 0.15) is 41.1 Å². The maximum Gasteiger partial charge on any atom is 0.188 e. The van der Waals surface area contributed by atoms with E-state index in [4.69, 9.17) is 9.84 Å². The highest BCUT2D eigenvalue weighted by Crippen LogP contribution is 2.37. The Morgan fingerprint density at radius 1 is 1.41 bits per heavy atom. The molecular formula is C19H20N4O3S. The average molecular weight is 384 g/mol. The van der Waals surface area contributed by atoms with Gasteiger partial charge in [0.2, 0.25) is 0 Å². The molecule has 0 amide bonds. The van der Waals surface area contributed by atoms with E-state index in [0.717, 1.165) is 24.1 Å². The largest absolute Gasteiger partial charge is 0.480 e. The van der Waals surface area contributed by atoms with Crippen LogP contribution in [0.4, 0.5) is 10.9 Å². The lowest BCUT2D eigenvalue weighted by molar-refractivity contribution is 0.0928. The average Bonchev–Trinajstić information content (AvgIpc) is 3.31. The summed E-state index contributed by atoms with van der Waals surface area (Å²) in [6, 6.07) is 5.97. The molecule has 3 N–H and O–H groups in total. The molecule has 0 saturated heterocycles. The lowest BCUT2D eigenvalue weighted by atomic mass is 10.2. The SMILES string of the molecule is Cc1cnc(Nc2nc(C(O)CO)cs2)c(OC2CCc3cccnc32)c1. The smallest absolute Gasteiger partial charge is 0.188 e. The Morgan fingerprint density at radius 2 is 2.30 bits per heavy atom. The molecule has 0 aliphatic heterocycles. The van der Waals surface area contributed by atoms with E-state index in [1.54, 1.807) is 17.8 Å². The molecule has 0 radical (unpaired) electrons. The minimum absolute atomic E-state index is 0.103. The van der Waals surface area contributed by atoms with Gasteiger partial charge in [-0.2, -0.15) is 0 Å². The molecule has 0 bridgehead atoms. The van der Waals surface area contributed by atoms with Crippen LogP contribution in [0.25, 0.3) is 0 Å². The number of nitrogens with zero attached hydrogens (tertiary/aromatic N) is 3. The van der Waals surface area contributed by atoms with Crippen molar-refractivity contribution in [2.45, 2.75) is 32.0 Å². The van der Waals surface area contributed by atoms with E-state index in [1.807, 2.05) is 19.1 Å². The van der Waals surface area contributed by atoms with Gasteiger partial charge >= 0.3 is 0 Å². The molecular weight excluding hydrogens is 364 g/mol. The van der Waals surface area contributed by atoms with E-state index in [1.165, 1.54) is 16.9 Å². The Labute approximate surface area is 160 Å². The van der Waals surface area contributed by atoms with Crippen LogP contribution in [0.15, 0.2) is 36.0 Å². The van der Waals surface area contributed by atoms with Gasteiger partial charge in [0.05, 0.1) is 18.0 Å².